The van der Waals surface area contributed by atoms with E-state index in [-0.39, 0.29) is 35.7 Å². The molecule has 0 bridgehead atoms. The Morgan fingerprint density at radius 2 is 1.93 bits per heavy atom. The fraction of sp³-hybridized carbons (Fsp3) is 0.263. The molecule has 1 saturated heterocycles. The summed E-state index contributed by atoms with van der Waals surface area (Å²) in [5.41, 5.74) is 0.715. The number of hydrogen-bond acceptors (Lipinski definition) is 5. The van der Waals surface area contributed by atoms with Crippen LogP contribution in [0.15, 0.2) is 55.1 Å². The number of hydrogen-bond donors (Lipinski definition) is 0. The van der Waals surface area contributed by atoms with Crippen LogP contribution in [0.3, 0.4) is 0 Å². The van der Waals surface area contributed by atoms with Gasteiger partial charge in [0.1, 0.15) is 30.7 Å². The molecule has 6 nitrogen and oxygen atoms in total. The molecule has 0 aliphatic carbocycles. The van der Waals surface area contributed by atoms with Crippen LogP contribution < -0.4 is 4.74 Å². The summed E-state index contributed by atoms with van der Waals surface area (Å²) in [5, 5.41) is 5.28. The topological polar surface area (TPSA) is 58.4 Å². The zero-order valence-corrected chi connectivity index (χ0v) is 16.0. The minimum absolute atomic E-state index is 0. The molecule has 1 fully saturated rings. The van der Waals surface area contributed by atoms with Gasteiger partial charge in [-0.2, -0.15) is 5.10 Å². The van der Waals surface area contributed by atoms with Crippen LogP contribution in [0.2, 0.25) is 10.0 Å². The Kier molecular flexibility index (Phi) is 7.04. The number of rotatable bonds is 5. The first-order valence-corrected chi connectivity index (χ1v) is 9.17. The van der Waals surface area contributed by atoms with E-state index in [1.54, 1.807) is 41.3 Å². The molecule has 2 atom stereocenters. The van der Waals surface area contributed by atoms with Crippen molar-refractivity contribution in [2.45, 2.75) is 25.4 Å². The molecule has 28 heavy (non-hydrogen) atoms. The predicted octanol–water partition coefficient (Wildman–Crippen LogP) is 4.02. The summed E-state index contributed by atoms with van der Waals surface area (Å²) in [4.78, 5) is 3.98. The molecule has 1 aromatic heterocycles. The van der Waals surface area contributed by atoms with Crippen molar-refractivity contribution >= 4 is 52.8 Å². The summed E-state index contributed by atoms with van der Waals surface area (Å²) in [6.07, 6.45) is 3.02. The molecule has 2 aromatic carbocycles. The molecule has 3 aromatic rings. The van der Waals surface area contributed by atoms with Crippen molar-refractivity contribution in [3.05, 3.63) is 70.7 Å². The van der Waals surface area contributed by atoms with E-state index < -0.39 is 5.79 Å². The average molecular weight is 430 g/mol. The molecule has 0 unspecified atom stereocenters. The molecule has 0 N–H and O–H groups in total. The second-order valence-electron chi connectivity index (χ2n) is 6.28. The molecule has 9 heteroatoms. The third-order valence-corrected chi connectivity index (χ3v) is 4.74. The molecule has 4 rings (SSSR count). The van der Waals surface area contributed by atoms with Crippen LogP contribution in [0.1, 0.15) is 12.5 Å². The van der Waals surface area contributed by atoms with Gasteiger partial charge in [0.25, 0.3) is 0 Å². The Bertz CT molecular complexity index is 925. The van der Waals surface area contributed by atoms with E-state index in [2.05, 4.69) is 10.1 Å². The summed E-state index contributed by atoms with van der Waals surface area (Å²) < 4.78 is 19.6. The van der Waals surface area contributed by atoms with E-state index in [0.29, 0.717) is 40.3 Å². The molecule has 0 radical (unpaired) electrons. The minimum atomic E-state index is -1.02. The van der Waals surface area contributed by atoms with Crippen molar-refractivity contribution in [2.24, 2.45) is 0 Å². The summed E-state index contributed by atoms with van der Waals surface area (Å²) >= 11 is 12.5. The van der Waals surface area contributed by atoms with E-state index in [1.165, 1.54) is 6.33 Å². The molecule has 1 aliphatic rings. The summed E-state index contributed by atoms with van der Waals surface area (Å²) in [7, 11) is 0. The van der Waals surface area contributed by atoms with Gasteiger partial charge in [-0.15, -0.1) is 0 Å². The van der Waals surface area contributed by atoms with Gasteiger partial charge in [-0.3, -0.25) is 0 Å². The molecule has 1 aliphatic heterocycles. The van der Waals surface area contributed by atoms with Gasteiger partial charge in [-0.05, 0) is 49.4 Å². The number of ether oxygens (including phenoxy) is 3. The normalized spacial score (nSPS) is 21.3. The monoisotopic (exact) mass is 429 g/mol. The van der Waals surface area contributed by atoms with Crippen molar-refractivity contribution in [2.75, 3.05) is 6.61 Å². The van der Waals surface area contributed by atoms with Crippen molar-refractivity contribution in [3.8, 4) is 11.5 Å². The van der Waals surface area contributed by atoms with E-state index in [4.69, 9.17) is 37.4 Å². The number of benzene rings is 2. The van der Waals surface area contributed by atoms with Gasteiger partial charge >= 0.3 is 29.6 Å². The Hall–Kier alpha value is -1.12. The molecule has 0 saturated carbocycles. The zero-order chi connectivity index (χ0) is 18.9. The zero-order valence-electron chi connectivity index (χ0n) is 14.5. The van der Waals surface area contributed by atoms with Crippen molar-refractivity contribution < 1.29 is 14.2 Å². The van der Waals surface area contributed by atoms with E-state index in [9.17, 15) is 0 Å². The van der Waals surface area contributed by atoms with Crippen LogP contribution in [-0.2, 0) is 21.8 Å². The van der Waals surface area contributed by atoms with Crippen LogP contribution in [-0.4, -0.2) is 57.0 Å². The van der Waals surface area contributed by atoms with E-state index in [0.717, 1.165) is 0 Å². The quantitative estimate of drug-likeness (QED) is 0.573. The predicted molar refractivity (Wildman–Crippen MR) is 108 cm³/mol. The Labute approximate surface area is 195 Å². The Balaban J connectivity index is 0.00000225. The average Bonchev–Trinajstić information content (AvgIpc) is 3.28. The second kappa shape index (κ2) is 9.13. The standard InChI is InChI=1S/C19H17Cl2N3O3.Na.H/c1-13-9-25-19(27-13,10-24-12-22-11-23-24)17-7-6-16(8-18(17)21)26-15-4-2-14(20)3-5-15;;/h2-8,11-13H,9-10H2,1H3;;/t13-,19-;;/m0../s1. The van der Waals surface area contributed by atoms with Gasteiger partial charge in [-0.25, -0.2) is 9.67 Å². The first-order chi connectivity index (χ1) is 13.0. The molecular weight excluding hydrogens is 412 g/mol. The molecule has 0 spiro atoms. The van der Waals surface area contributed by atoms with Gasteiger partial charge < -0.3 is 14.2 Å². The summed E-state index contributed by atoms with van der Waals surface area (Å²) in [6.45, 7) is 2.76. The first-order valence-electron chi connectivity index (χ1n) is 8.42. The van der Waals surface area contributed by atoms with Gasteiger partial charge in [0.15, 0.2) is 0 Å². The fourth-order valence-corrected chi connectivity index (χ4v) is 3.43. The Morgan fingerprint density at radius 1 is 1.18 bits per heavy atom. The van der Waals surface area contributed by atoms with Crippen molar-refractivity contribution in [1.29, 1.82) is 0 Å². The molecule has 0 amide bonds. The molecular formula is C19H18Cl2N3NaO3. The second-order valence-corrected chi connectivity index (χ2v) is 7.13. The van der Waals surface area contributed by atoms with E-state index in [1.807, 2.05) is 19.1 Å². The van der Waals surface area contributed by atoms with Crippen LogP contribution in [0.5, 0.6) is 11.5 Å². The first kappa shape index (κ1) is 21.6. The summed E-state index contributed by atoms with van der Waals surface area (Å²) in [6, 6.07) is 12.5. The molecule has 142 valence electrons. The van der Waals surface area contributed by atoms with Crippen molar-refractivity contribution in [3.63, 3.8) is 0 Å². The maximum atomic E-state index is 6.57. The van der Waals surface area contributed by atoms with Crippen LogP contribution >= 0.6 is 23.2 Å². The number of nitrogens with zero attached hydrogens (tertiary/aromatic N) is 3. The Morgan fingerprint density at radius 3 is 2.54 bits per heavy atom. The SMILES string of the molecule is C[C@H]1CO[C@](Cn2cncn2)(c2ccc(Oc3ccc(Cl)cc3)cc2Cl)O1.[NaH]. The van der Waals surface area contributed by atoms with Gasteiger partial charge in [0.2, 0.25) is 5.79 Å². The third-order valence-electron chi connectivity index (χ3n) is 4.18. The molecule has 2 heterocycles. The third kappa shape index (κ3) is 4.71. The number of aromatic nitrogens is 3. The maximum absolute atomic E-state index is 6.57. The van der Waals surface area contributed by atoms with Crippen LogP contribution in [0, 0.1) is 0 Å². The van der Waals surface area contributed by atoms with Crippen molar-refractivity contribution in [1.82, 2.24) is 14.8 Å². The summed E-state index contributed by atoms with van der Waals surface area (Å²) in [5.74, 6) is 0.249. The van der Waals surface area contributed by atoms with Gasteiger partial charge in [0.05, 0.1) is 17.7 Å². The fourth-order valence-electron chi connectivity index (χ4n) is 2.99. The van der Waals surface area contributed by atoms with E-state index >= 15 is 0 Å². The van der Waals surface area contributed by atoms with Gasteiger partial charge in [-0.1, -0.05) is 23.2 Å². The van der Waals surface area contributed by atoms with Gasteiger partial charge in [0, 0.05) is 10.6 Å². The number of halogens is 2. The van der Waals surface area contributed by atoms with Crippen LogP contribution in [0.25, 0.3) is 0 Å². The van der Waals surface area contributed by atoms with Crippen LogP contribution in [0.4, 0.5) is 0 Å².